The van der Waals surface area contributed by atoms with Crippen molar-refractivity contribution in [1.82, 2.24) is 5.32 Å². The first kappa shape index (κ1) is 11.9. The van der Waals surface area contributed by atoms with E-state index >= 15 is 0 Å². The normalized spacial score (nSPS) is 22.3. The van der Waals surface area contributed by atoms with E-state index in [1.165, 1.54) is 24.2 Å². The summed E-state index contributed by atoms with van der Waals surface area (Å²) >= 11 is 2.02. The number of thioether (sulfide) groups is 1. The third-order valence-corrected chi connectivity index (χ3v) is 4.65. The molecule has 0 spiro atoms. The second kappa shape index (κ2) is 5.19. The SMILES string of the molecule is CNC(c1ccc(F)c(C)c1)C1CCCS1. The Morgan fingerprint density at radius 3 is 2.88 bits per heavy atom. The second-order valence-electron chi connectivity index (χ2n) is 4.33. The smallest absolute Gasteiger partial charge is 0.126 e. The van der Waals surface area contributed by atoms with Gasteiger partial charge >= 0.3 is 0 Å². The molecule has 1 aliphatic rings. The van der Waals surface area contributed by atoms with Crippen LogP contribution in [0.25, 0.3) is 0 Å². The van der Waals surface area contributed by atoms with E-state index in [9.17, 15) is 4.39 Å². The number of rotatable bonds is 3. The van der Waals surface area contributed by atoms with Crippen LogP contribution >= 0.6 is 11.8 Å². The summed E-state index contributed by atoms with van der Waals surface area (Å²) < 4.78 is 13.2. The van der Waals surface area contributed by atoms with Crippen molar-refractivity contribution in [3.63, 3.8) is 0 Å². The first-order valence-electron chi connectivity index (χ1n) is 5.77. The van der Waals surface area contributed by atoms with Gasteiger partial charge in [-0.1, -0.05) is 12.1 Å². The molecule has 1 saturated heterocycles. The van der Waals surface area contributed by atoms with Crippen molar-refractivity contribution in [2.45, 2.75) is 31.1 Å². The van der Waals surface area contributed by atoms with Crippen LogP contribution in [0.3, 0.4) is 0 Å². The summed E-state index contributed by atoms with van der Waals surface area (Å²) in [6.07, 6.45) is 2.56. The Bertz CT molecular complexity index is 361. The van der Waals surface area contributed by atoms with Gasteiger partial charge in [-0.2, -0.15) is 11.8 Å². The van der Waals surface area contributed by atoms with E-state index in [0.717, 1.165) is 5.56 Å². The lowest BCUT2D eigenvalue weighted by molar-refractivity contribution is 0.548. The summed E-state index contributed by atoms with van der Waals surface area (Å²) in [6.45, 7) is 1.83. The molecule has 3 heteroatoms. The van der Waals surface area contributed by atoms with Gasteiger partial charge in [0.2, 0.25) is 0 Å². The van der Waals surface area contributed by atoms with Crippen LogP contribution in [0.15, 0.2) is 18.2 Å². The van der Waals surface area contributed by atoms with E-state index in [4.69, 9.17) is 0 Å². The Morgan fingerprint density at radius 2 is 2.31 bits per heavy atom. The summed E-state index contributed by atoms with van der Waals surface area (Å²) in [7, 11) is 1.99. The zero-order valence-corrected chi connectivity index (χ0v) is 10.6. The molecule has 1 aromatic rings. The predicted octanol–water partition coefficient (Wildman–Crippen LogP) is 3.29. The molecule has 88 valence electrons. The molecule has 1 heterocycles. The summed E-state index contributed by atoms with van der Waals surface area (Å²) in [5.74, 6) is 1.14. The lowest BCUT2D eigenvalue weighted by atomic mass is 9.99. The van der Waals surface area contributed by atoms with Gasteiger partial charge in [-0.3, -0.25) is 0 Å². The highest BCUT2D eigenvalue weighted by Gasteiger charge is 2.25. The van der Waals surface area contributed by atoms with Gasteiger partial charge in [-0.15, -0.1) is 0 Å². The maximum Gasteiger partial charge on any atom is 0.126 e. The van der Waals surface area contributed by atoms with E-state index in [1.54, 1.807) is 6.07 Å². The van der Waals surface area contributed by atoms with Gasteiger partial charge in [0.25, 0.3) is 0 Å². The Balaban J connectivity index is 2.22. The molecule has 0 aliphatic carbocycles. The number of benzene rings is 1. The van der Waals surface area contributed by atoms with Crippen molar-refractivity contribution < 1.29 is 4.39 Å². The molecule has 2 atom stereocenters. The molecule has 1 aliphatic heterocycles. The van der Waals surface area contributed by atoms with Crippen LogP contribution in [0.1, 0.15) is 30.0 Å². The zero-order chi connectivity index (χ0) is 11.5. The number of hydrogen-bond donors (Lipinski definition) is 1. The molecule has 1 nitrogen and oxygen atoms in total. The lowest BCUT2D eigenvalue weighted by Crippen LogP contribution is -2.25. The minimum absolute atomic E-state index is 0.113. The third-order valence-electron chi connectivity index (χ3n) is 3.19. The Kier molecular flexibility index (Phi) is 3.87. The summed E-state index contributed by atoms with van der Waals surface area (Å²) in [6, 6.07) is 5.80. The van der Waals surface area contributed by atoms with Gasteiger partial charge in [-0.25, -0.2) is 4.39 Å². The molecule has 0 amide bonds. The molecule has 2 rings (SSSR count). The highest BCUT2D eigenvalue weighted by Crippen LogP contribution is 2.36. The summed E-state index contributed by atoms with van der Waals surface area (Å²) in [4.78, 5) is 0. The van der Waals surface area contributed by atoms with Crippen molar-refractivity contribution >= 4 is 11.8 Å². The second-order valence-corrected chi connectivity index (χ2v) is 5.67. The minimum Gasteiger partial charge on any atom is -0.312 e. The van der Waals surface area contributed by atoms with E-state index in [2.05, 4.69) is 5.32 Å². The van der Waals surface area contributed by atoms with Crippen molar-refractivity contribution in [2.24, 2.45) is 0 Å². The Hall–Kier alpha value is -0.540. The largest absolute Gasteiger partial charge is 0.312 e. The monoisotopic (exact) mass is 239 g/mol. The molecule has 0 radical (unpaired) electrons. The van der Waals surface area contributed by atoms with Crippen molar-refractivity contribution in [3.8, 4) is 0 Å². The molecule has 1 N–H and O–H groups in total. The first-order valence-corrected chi connectivity index (χ1v) is 6.82. The molecule has 1 aromatic carbocycles. The third kappa shape index (κ3) is 2.41. The fourth-order valence-corrected chi connectivity index (χ4v) is 3.75. The number of nitrogens with one attached hydrogen (secondary N) is 1. The topological polar surface area (TPSA) is 12.0 Å². The molecule has 0 aromatic heterocycles. The fraction of sp³-hybridized carbons (Fsp3) is 0.538. The van der Waals surface area contributed by atoms with Gasteiger partial charge < -0.3 is 5.32 Å². The molecule has 0 saturated carbocycles. The maximum absolute atomic E-state index is 13.2. The van der Waals surface area contributed by atoms with Crippen molar-refractivity contribution in [2.75, 3.05) is 12.8 Å². The van der Waals surface area contributed by atoms with Crippen LogP contribution in [0.5, 0.6) is 0 Å². The van der Waals surface area contributed by atoms with Gasteiger partial charge in [0.1, 0.15) is 5.82 Å². The highest BCUT2D eigenvalue weighted by molar-refractivity contribution is 8.00. The predicted molar refractivity (Wildman–Crippen MR) is 68.4 cm³/mol. The molecule has 1 fully saturated rings. The molecular formula is C13H18FNS. The summed E-state index contributed by atoms with van der Waals surface area (Å²) in [5.41, 5.74) is 1.95. The number of halogens is 1. The van der Waals surface area contributed by atoms with E-state index in [-0.39, 0.29) is 5.82 Å². The van der Waals surface area contributed by atoms with Crippen molar-refractivity contribution in [1.29, 1.82) is 0 Å². The average Bonchev–Trinajstić information content (AvgIpc) is 2.78. The van der Waals surface area contributed by atoms with E-state index in [0.29, 0.717) is 11.3 Å². The fourth-order valence-electron chi connectivity index (χ4n) is 2.29. The quantitative estimate of drug-likeness (QED) is 0.868. The van der Waals surface area contributed by atoms with E-state index < -0.39 is 0 Å². The van der Waals surface area contributed by atoms with Crippen LogP contribution in [0, 0.1) is 12.7 Å². The highest BCUT2D eigenvalue weighted by atomic mass is 32.2. The molecule has 2 unspecified atom stereocenters. The van der Waals surface area contributed by atoms with Gasteiger partial charge in [0, 0.05) is 11.3 Å². The zero-order valence-electron chi connectivity index (χ0n) is 9.79. The molecular weight excluding hydrogens is 221 g/mol. The summed E-state index contributed by atoms with van der Waals surface area (Å²) in [5, 5.41) is 4.00. The van der Waals surface area contributed by atoms with Crippen LogP contribution in [-0.4, -0.2) is 18.1 Å². The Morgan fingerprint density at radius 1 is 1.50 bits per heavy atom. The average molecular weight is 239 g/mol. The minimum atomic E-state index is -0.113. The van der Waals surface area contributed by atoms with Gasteiger partial charge in [-0.05, 0) is 49.8 Å². The van der Waals surface area contributed by atoms with Crippen LogP contribution in [0.4, 0.5) is 4.39 Å². The number of hydrogen-bond acceptors (Lipinski definition) is 2. The first-order chi connectivity index (χ1) is 7.72. The van der Waals surface area contributed by atoms with Crippen LogP contribution in [-0.2, 0) is 0 Å². The number of aryl methyl sites for hydroxylation is 1. The van der Waals surface area contributed by atoms with Gasteiger partial charge in [0.05, 0.1) is 0 Å². The molecule has 0 bridgehead atoms. The standard InChI is InChI=1S/C13H18FNS/c1-9-8-10(5-6-11(9)14)13(15-2)12-4-3-7-16-12/h5-6,8,12-13,15H,3-4,7H2,1-2H3. The van der Waals surface area contributed by atoms with Crippen molar-refractivity contribution in [3.05, 3.63) is 35.1 Å². The van der Waals surface area contributed by atoms with Crippen LogP contribution in [0.2, 0.25) is 0 Å². The lowest BCUT2D eigenvalue weighted by Gasteiger charge is -2.23. The Labute approximate surface area is 101 Å². The molecule has 16 heavy (non-hydrogen) atoms. The van der Waals surface area contributed by atoms with E-state index in [1.807, 2.05) is 37.9 Å². The van der Waals surface area contributed by atoms with Gasteiger partial charge in [0.15, 0.2) is 0 Å². The maximum atomic E-state index is 13.2. The van der Waals surface area contributed by atoms with Crippen LogP contribution < -0.4 is 5.32 Å².